The van der Waals surface area contributed by atoms with Crippen molar-refractivity contribution in [3.8, 4) is 0 Å². The SMILES string of the molecule is Cc1cc(C(=O)O)n(CC(=O)O)n1. The third-order valence-electron chi connectivity index (χ3n) is 1.41. The molecule has 6 heteroatoms. The highest BCUT2D eigenvalue weighted by atomic mass is 16.4. The van der Waals surface area contributed by atoms with Gasteiger partial charge in [0.15, 0.2) is 0 Å². The Kier molecular flexibility index (Phi) is 2.32. The number of aryl methyl sites for hydroxylation is 1. The van der Waals surface area contributed by atoms with E-state index in [0.29, 0.717) is 5.69 Å². The van der Waals surface area contributed by atoms with Crippen molar-refractivity contribution in [3.63, 3.8) is 0 Å². The first-order chi connectivity index (χ1) is 6.00. The van der Waals surface area contributed by atoms with Gasteiger partial charge in [0.05, 0.1) is 5.69 Å². The summed E-state index contributed by atoms with van der Waals surface area (Å²) in [6.07, 6.45) is 0. The highest BCUT2D eigenvalue weighted by Gasteiger charge is 2.13. The first-order valence-corrected chi connectivity index (χ1v) is 3.50. The molecule has 0 aliphatic carbocycles. The van der Waals surface area contributed by atoms with Crippen molar-refractivity contribution in [3.05, 3.63) is 17.5 Å². The van der Waals surface area contributed by atoms with Crippen LogP contribution in [0.1, 0.15) is 16.2 Å². The number of aliphatic carboxylic acids is 1. The van der Waals surface area contributed by atoms with Crippen LogP contribution in [-0.4, -0.2) is 31.9 Å². The van der Waals surface area contributed by atoms with Gasteiger partial charge in [0.25, 0.3) is 0 Å². The van der Waals surface area contributed by atoms with E-state index in [9.17, 15) is 9.59 Å². The average Bonchev–Trinajstić information content (AvgIpc) is 2.29. The molecular formula is C7H8N2O4. The van der Waals surface area contributed by atoms with Gasteiger partial charge in [0.1, 0.15) is 12.2 Å². The number of hydrogen-bond acceptors (Lipinski definition) is 3. The Hall–Kier alpha value is -1.85. The Morgan fingerprint density at radius 2 is 2.15 bits per heavy atom. The second-order valence-corrected chi connectivity index (χ2v) is 2.53. The predicted octanol–water partition coefficient (Wildman–Crippen LogP) is -0.0257. The van der Waals surface area contributed by atoms with Crippen molar-refractivity contribution < 1.29 is 19.8 Å². The Bertz CT molecular complexity index is 355. The Morgan fingerprint density at radius 1 is 1.54 bits per heavy atom. The largest absolute Gasteiger partial charge is 0.480 e. The molecule has 13 heavy (non-hydrogen) atoms. The number of aromatic carboxylic acids is 1. The van der Waals surface area contributed by atoms with E-state index in [2.05, 4.69) is 5.10 Å². The number of carbonyl (C=O) groups is 2. The minimum atomic E-state index is -1.18. The molecule has 0 saturated carbocycles. The molecule has 1 heterocycles. The van der Waals surface area contributed by atoms with Crippen LogP contribution in [0.5, 0.6) is 0 Å². The van der Waals surface area contributed by atoms with Gasteiger partial charge in [-0.15, -0.1) is 0 Å². The third-order valence-corrected chi connectivity index (χ3v) is 1.41. The molecule has 0 fully saturated rings. The summed E-state index contributed by atoms with van der Waals surface area (Å²) >= 11 is 0. The topological polar surface area (TPSA) is 92.4 Å². The standard InChI is InChI=1S/C7H8N2O4/c1-4-2-5(7(12)13)9(8-4)3-6(10)11/h2H,3H2,1H3,(H,10,11)(H,12,13). The fourth-order valence-electron chi connectivity index (χ4n) is 0.966. The van der Waals surface area contributed by atoms with E-state index in [-0.39, 0.29) is 5.69 Å². The van der Waals surface area contributed by atoms with Crippen molar-refractivity contribution >= 4 is 11.9 Å². The maximum atomic E-state index is 10.6. The number of carboxylic acid groups (broad SMARTS) is 2. The molecule has 6 nitrogen and oxygen atoms in total. The number of carboxylic acids is 2. The van der Waals surface area contributed by atoms with E-state index < -0.39 is 18.5 Å². The minimum Gasteiger partial charge on any atom is -0.480 e. The molecule has 0 unspecified atom stereocenters. The zero-order chi connectivity index (χ0) is 10.0. The van der Waals surface area contributed by atoms with Crippen LogP contribution in [0.3, 0.4) is 0 Å². The van der Waals surface area contributed by atoms with Gasteiger partial charge in [-0.3, -0.25) is 4.79 Å². The van der Waals surface area contributed by atoms with Crippen LogP contribution in [-0.2, 0) is 11.3 Å². The summed E-state index contributed by atoms with van der Waals surface area (Å²) in [6.45, 7) is 1.17. The van der Waals surface area contributed by atoms with Gasteiger partial charge in [-0.1, -0.05) is 0 Å². The summed E-state index contributed by atoms with van der Waals surface area (Å²) in [5, 5.41) is 20.8. The monoisotopic (exact) mass is 184 g/mol. The molecule has 0 amide bonds. The lowest BCUT2D eigenvalue weighted by atomic mass is 10.4. The minimum absolute atomic E-state index is 0.111. The van der Waals surface area contributed by atoms with Crippen LogP contribution in [0.2, 0.25) is 0 Å². The van der Waals surface area contributed by atoms with E-state index >= 15 is 0 Å². The maximum Gasteiger partial charge on any atom is 0.354 e. The lowest BCUT2D eigenvalue weighted by molar-refractivity contribution is -0.137. The van der Waals surface area contributed by atoms with Crippen molar-refractivity contribution in [1.29, 1.82) is 0 Å². The Balaban J connectivity index is 3.04. The molecule has 0 aromatic carbocycles. The second-order valence-electron chi connectivity index (χ2n) is 2.53. The highest BCUT2D eigenvalue weighted by molar-refractivity contribution is 5.86. The Morgan fingerprint density at radius 3 is 2.62 bits per heavy atom. The van der Waals surface area contributed by atoms with Crippen LogP contribution >= 0.6 is 0 Å². The molecule has 0 saturated heterocycles. The molecule has 1 aromatic heterocycles. The van der Waals surface area contributed by atoms with Gasteiger partial charge >= 0.3 is 11.9 Å². The summed E-state index contributed by atoms with van der Waals surface area (Å²) in [6, 6.07) is 1.32. The fourth-order valence-corrected chi connectivity index (χ4v) is 0.966. The second kappa shape index (κ2) is 3.26. The zero-order valence-electron chi connectivity index (χ0n) is 6.89. The number of aromatic nitrogens is 2. The van der Waals surface area contributed by atoms with Gasteiger partial charge in [-0.25, -0.2) is 9.48 Å². The van der Waals surface area contributed by atoms with Crippen molar-refractivity contribution in [1.82, 2.24) is 9.78 Å². The van der Waals surface area contributed by atoms with Crippen molar-refractivity contribution in [2.24, 2.45) is 0 Å². The van der Waals surface area contributed by atoms with Gasteiger partial charge < -0.3 is 10.2 Å². The van der Waals surface area contributed by atoms with E-state index in [1.165, 1.54) is 6.07 Å². The average molecular weight is 184 g/mol. The third kappa shape index (κ3) is 2.05. The molecule has 0 radical (unpaired) electrons. The van der Waals surface area contributed by atoms with E-state index in [1.807, 2.05) is 0 Å². The number of nitrogens with zero attached hydrogens (tertiary/aromatic N) is 2. The lowest BCUT2D eigenvalue weighted by Gasteiger charge is -1.98. The summed E-state index contributed by atoms with van der Waals surface area (Å²) in [5.41, 5.74) is 0.374. The van der Waals surface area contributed by atoms with Gasteiger partial charge in [-0.2, -0.15) is 5.10 Å². The van der Waals surface area contributed by atoms with Crippen LogP contribution in [0.15, 0.2) is 6.07 Å². The lowest BCUT2D eigenvalue weighted by Crippen LogP contribution is -2.15. The number of rotatable bonds is 3. The fraction of sp³-hybridized carbons (Fsp3) is 0.286. The predicted molar refractivity (Wildman–Crippen MR) is 41.6 cm³/mol. The number of hydrogen-bond donors (Lipinski definition) is 2. The highest BCUT2D eigenvalue weighted by Crippen LogP contribution is 2.03. The van der Waals surface area contributed by atoms with Crippen LogP contribution in [0.25, 0.3) is 0 Å². The van der Waals surface area contributed by atoms with Crippen molar-refractivity contribution in [2.45, 2.75) is 13.5 Å². The summed E-state index contributed by atoms with van der Waals surface area (Å²) in [7, 11) is 0. The van der Waals surface area contributed by atoms with Crippen LogP contribution in [0, 0.1) is 6.92 Å². The smallest absolute Gasteiger partial charge is 0.354 e. The molecule has 0 aliphatic rings. The summed E-state index contributed by atoms with van der Waals surface area (Å²) < 4.78 is 0.944. The molecule has 0 atom stereocenters. The van der Waals surface area contributed by atoms with Gasteiger partial charge in [0, 0.05) is 0 Å². The zero-order valence-corrected chi connectivity index (χ0v) is 6.89. The molecule has 2 N–H and O–H groups in total. The van der Waals surface area contributed by atoms with Crippen LogP contribution in [0.4, 0.5) is 0 Å². The molecule has 70 valence electrons. The van der Waals surface area contributed by atoms with Crippen molar-refractivity contribution in [2.75, 3.05) is 0 Å². The summed E-state index contributed by atoms with van der Waals surface area (Å²) in [4.78, 5) is 20.9. The molecule has 0 bridgehead atoms. The molecule has 0 aliphatic heterocycles. The molecule has 1 aromatic rings. The van der Waals surface area contributed by atoms with E-state index in [4.69, 9.17) is 10.2 Å². The van der Waals surface area contributed by atoms with E-state index in [1.54, 1.807) is 6.92 Å². The normalized spacial score (nSPS) is 9.92. The molecule has 1 rings (SSSR count). The van der Waals surface area contributed by atoms with E-state index in [0.717, 1.165) is 4.68 Å². The maximum absolute atomic E-state index is 10.6. The molecule has 0 spiro atoms. The van der Waals surface area contributed by atoms with Gasteiger partial charge in [0.2, 0.25) is 0 Å². The van der Waals surface area contributed by atoms with Crippen LogP contribution < -0.4 is 0 Å². The summed E-state index contributed by atoms with van der Waals surface area (Å²) in [5.74, 6) is -2.30. The quantitative estimate of drug-likeness (QED) is 0.688. The first-order valence-electron chi connectivity index (χ1n) is 3.50. The molecular weight excluding hydrogens is 176 g/mol. The first kappa shape index (κ1) is 9.24. The Labute approximate surface area is 73.4 Å². The van der Waals surface area contributed by atoms with Gasteiger partial charge in [-0.05, 0) is 13.0 Å².